The SMILES string of the molecule is C[C@@H](NS(=O)(=O)c1cccc(C(F)(F)F)c1)c1ccc(F)cc1. The van der Waals surface area contributed by atoms with Gasteiger partial charge >= 0.3 is 6.18 Å². The lowest BCUT2D eigenvalue weighted by molar-refractivity contribution is -0.137. The lowest BCUT2D eigenvalue weighted by Crippen LogP contribution is -2.27. The van der Waals surface area contributed by atoms with Gasteiger partial charge in [-0.2, -0.15) is 13.2 Å². The molecule has 2 rings (SSSR count). The van der Waals surface area contributed by atoms with Crippen LogP contribution in [0.15, 0.2) is 53.4 Å². The highest BCUT2D eigenvalue weighted by molar-refractivity contribution is 7.89. The summed E-state index contributed by atoms with van der Waals surface area (Å²) in [5, 5.41) is 0. The Kier molecular flexibility index (Phi) is 4.76. The zero-order valence-corrected chi connectivity index (χ0v) is 12.7. The molecule has 0 aromatic heterocycles. The molecule has 8 heteroatoms. The summed E-state index contributed by atoms with van der Waals surface area (Å²) in [6, 6.07) is 7.88. The molecule has 0 amide bonds. The van der Waals surface area contributed by atoms with Gasteiger partial charge in [-0.1, -0.05) is 18.2 Å². The molecule has 2 aromatic rings. The second kappa shape index (κ2) is 6.29. The van der Waals surface area contributed by atoms with Crippen molar-refractivity contribution < 1.29 is 26.0 Å². The molecule has 0 aliphatic heterocycles. The lowest BCUT2D eigenvalue weighted by atomic mass is 10.1. The zero-order valence-electron chi connectivity index (χ0n) is 11.9. The third kappa shape index (κ3) is 4.29. The van der Waals surface area contributed by atoms with Crippen LogP contribution in [-0.2, 0) is 16.2 Å². The van der Waals surface area contributed by atoms with Crippen LogP contribution >= 0.6 is 0 Å². The number of nitrogens with one attached hydrogen (secondary N) is 1. The van der Waals surface area contributed by atoms with Crippen LogP contribution in [-0.4, -0.2) is 8.42 Å². The van der Waals surface area contributed by atoms with Crippen LogP contribution in [0.2, 0.25) is 0 Å². The Hall–Kier alpha value is -1.93. The molecule has 23 heavy (non-hydrogen) atoms. The molecule has 0 saturated heterocycles. The van der Waals surface area contributed by atoms with Crippen LogP contribution in [0, 0.1) is 5.82 Å². The molecule has 1 atom stereocenters. The molecule has 124 valence electrons. The van der Waals surface area contributed by atoms with Gasteiger partial charge in [-0.05, 0) is 42.8 Å². The van der Waals surface area contributed by atoms with E-state index in [0.717, 1.165) is 18.2 Å². The molecular weight excluding hydrogens is 334 g/mol. The summed E-state index contributed by atoms with van der Waals surface area (Å²) < 4.78 is 77.6. The predicted molar refractivity (Wildman–Crippen MR) is 76.6 cm³/mol. The largest absolute Gasteiger partial charge is 0.416 e. The zero-order chi connectivity index (χ0) is 17.3. The molecule has 3 nitrogen and oxygen atoms in total. The molecule has 0 bridgehead atoms. The van der Waals surface area contributed by atoms with E-state index in [1.54, 1.807) is 0 Å². The van der Waals surface area contributed by atoms with Crippen LogP contribution in [0.1, 0.15) is 24.1 Å². The van der Waals surface area contributed by atoms with Crippen molar-refractivity contribution in [3.8, 4) is 0 Å². The van der Waals surface area contributed by atoms with E-state index in [-0.39, 0.29) is 0 Å². The molecule has 0 saturated carbocycles. The van der Waals surface area contributed by atoms with Crippen LogP contribution < -0.4 is 4.72 Å². The van der Waals surface area contributed by atoms with Crippen molar-refractivity contribution in [2.45, 2.75) is 24.0 Å². The summed E-state index contributed by atoms with van der Waals surface area (Å²) in [6.45, 7) is 1.51. The van der Waals surface area contributed by atoms with E-state index in [4.69, 9.17) is 0 Å². The fourth-order valence-electron chi connectivity index (χ4n) is 1.96. The van der Waals surface area contributed by atoms with E-state index in [2.05, 4.69) is 4.72 Å². The minimum atomic E-state index is -4.63. The number of hydrogen-bond acceptors (Lipinski definition) is 2. The molecule has 2 aromatic carbocycles. The van der Waals surface area contributed by atoms with Gasteiger partial charge in [0.1, 0.15) is 5.82 Å². The topological polar surface area (TPSA) is 46.2 Å². The Morgan fingerprint density at radius 1 is 1.04 bits per heavy atom. The number of sulfonamides is 1. The Morgan fingerprint density at radius 2 is 1.65 bits per heavy atom. The fraction of sp³-hybridized carbons (Fsp3) is 0.200. The summed E-state index contributed by atoms with van der Waals surface area (Å²) in [5.74, 6) is -0.471. The minimum absolute atomic E-state index is 0.471. The van der Waals surface area contributed by atoms with Gasteiger partial charge < -0.3 is 0 Å². The third-order valence-electron chi connectivity index (χ3n) is 3.17. The average Bonchev–Trinajstić information content (AvgIpc) is 2.46. The van der Waals surface area contributed by atoms with Crippen LogP contribution in [0.5, 0.6) is 0 Å². The molecule has 0 aliphatic carbocycles. The van der Waals surface area contributed by atoms with E-state index in [9.17, 15) is 26.0 Å². The highest BCUT2D eigenvalue weighted by Crippen LogP contribution is 2.30. The Labute approximate surface area is 131 Å². The van der Waals surface area contributed by atoms with Crippen molar-refractivity contribution in [2.75, 3.05) is 0 Å². The maximum Gasteiger partial charge on any atom is 0.416 e. The van der Waals surface area contributed by atoms with Crippen LogP contribution in [0.25, 0.3) is 0 Å². The normalized spacial score (nSPS) is 13.8. The molecular formula is C15H13F4NO2S. The van der Waals surface area contributed by atoms with Gasteiger partial charge in [-0.15, -0.1) is 0 Å². The number of alkyl halides is 3. The fourth-order valence-corrected chi connectivity index (χ4v) is 3.24. The Bertz CT molecular complexity index is 786. The molecule has 0 radical (unpaired) electrons. The average molecular weight is 347 g/mol. The summed E-state index contributed by atoms with van der Waals surface area (Å²) >= 11 is 0. The van der Waals surface area contributed by atoms with E-state index in [0.29, 0.717) is 11.6 Å². The molecule has 0 spiro atoms. The van der Waals surface area contributed by atoms with E-state index in [1.807, 2.05) is 0 Å². The quantitative estimate of drug-likeness (QED) is 0.853. The first-order valence-corrected chi connectivity index (χ1v) is 8.03. The van der Waals surface area contributed by atoms with E-state index < -0.39 is 38.5 Å². The van der Waals surface area contributed by atoms with Gasteiger partial charge in [0.2, 0.25) is 10.0 Å². The second-order valence-corrected chi connectivity index (χ2v) is 6.63. The number of rotatable bonds is 4. The van der Waals surface area contributed by atoms with Crippen LogP contribution in [0.3, 0.4) is 0 Å². The summed E-state index contributed by atoms with van der Waals surface area (Å²) in [4.78, 5) is -0.485. The molecule has 0 unspecified atom stereocenters. The van der Waals surface area contributed by atoms with E-state index >= 15 is 0 Å². The number of halogens is 4. The molecule has 0 heterocycles. The first-order valence-electron chi connectivity index (χ1n) is 6.54. The number of hydrogen-bond donors (Lipinski definition) is 1. The van der Waals surface area contributed by atoms with Gasteiger partial charge in [0.25, 0.3) is 0 Å². The Balaban J connectivity index is 2.27. The highest BCUT2D eigenvalue weighted by Gasteiger charge is 2.31. The van der Waals surface area contributed by atoms with Gasteiger partial charge in [0.05, 0.1) is 10.5 Å². The van der Waals surface area contributed by atoms with Crippen molar-refractivity contribution in [1.82, 2.24) is 4.72 Å². The smallest absolute Gasteiger partial charge is 0.207 e. The predicted octanol–water partition coefficient (Wildman–Crippen LogP) is 3.88. The van der Waals surface area contributed by atoms with Crippen molar-refractivity contribution in [2.24, 2.45) is 0 Å². The van der Waals surface area contributed by atoms with Crippen molar-refractivity contribution in [3.63, 3.8) is 0 Å². The van der Waals surface area contributed by atoms with Crippen molar-refractivity contribution in [3.05, 3.63) is 65.5 Å². The third-order valence-corrected chi connectivity index (χ3v) is 4.71. The standard InChI is InChI=1S/C15H13F4NO2S/c1-10(11-5-7-13(16)8-6-11)20-23(21,22)14-4-2-3-12(9-14)15(17,18)19/h2-10,20H,1H3/t10-/m1/s1. The van der Waals surface area contributed by atoms with Crippen molar-refractivity contribution in [1.29, 1.82) is 0 Å². The lowest BCUT2D eigenvalue weighted by Gasteiger charge is -2.15. The minimum Gasteiger partial charge on any atom is -0.207 e. The van der Waals surface area contributed by atoms with Crippen molar-refractivity contribution >= 4 is 10.0 Å². The summed E-state index contributed by atoms with van der Waals surface area (Å²) in [5.41, 5.74) is -0.559. The summed E-state index contributed by atoms with van der Waals surface area (Å²) in [6.07, 6.45) is -4.63. The van der Waals surface area contributed by atoms with Gasteiger partial charge in [0.15, 0.2) is 0 Å². The van der Waals surface area contributed by atoms with Gasteiger partial charge in [0, 0.05) is 6.04 Å². The highest BCUT2D eigenvalue weighted by atomic mass is 32.2. The van der Waals surface area contributed by atoms with Gasteiger partial charge in [-0.3, -0.25) is 0 Å². The monoisotopic (exact) mass is 347 g/mol. The summed E-state index contributed by atoms with van der Waals surface area (Å²) in [7, 11) is -4.14. The number of benzene rings is 2. The maximum atomic E-state index is 12.9. The molecule has 1 N–H and O–H groups in total. The first kappa shape index (κ1) is 17.4. The molecule has 0 aliphatic rings. The Morgan fingerprint density at radius 3 is 2.22 bits per heavy atom. The molecule has 0 fully saturated rings. The second-order valence-electron chi connectivity index (χ2n) is 4.92. The van der Waals surface area contributed by atoms with E-state index in [1.165, 1.54) is 31.2 Å². The van der Waals surface area contributed by atoms with Gasteiger partial charge in [-0.25, -0.2) is 17.5 Å². The maximum absolute atomic E-state index is 12.9. The first-order chi connectivity index (χ1) is 10.6. The van der Waals surface area contributed by atoms with Crippen LogP contribution in [0.4, 0.5) is 17.6 Å².